The molecule has 3 N–H and O–H groups in total. The lowest BCUT2D eigenvalue weighted by atomic mass is 10.1. The Hall–Kier alpha value is -4.93. The molecule has 2 aromatic carbocycles. The minimum absolute atomic E-state index is 0.0653. The summed E-state index contributed by atoms with van der Waals surface area (Å²) in [4.78, 5) is 54.7. The number of nitrogens with zero attached hydrogens (tertiary/aromatic N) is 3. The summed E-state index contributed by atoms with van der Waals surface area (Å²) in [5.74, 6) is 0.0179. The standard InChI is InChI=1S/C26H25N5O6/c1-36-20-10-5-16(14-21(20)37-2)11-13-30-25(34)23-19(4-3-12-28-23)31(26(30)35)15-22(32)29-18-8-6-17(7-9-18)24(27)33/h3-10,12,14H,11,13,15H2,1-2H3,(H2,27,33)(H,29,32). The summed E-state index contributed by atoms with van der Waals surface area (Å²) in [6.45, 7) is -0.287. The molecule has 0 aliphatic heterocycles. The van der Waals surface area contributed by atoms with Crippen molar-refractivity contribution in [2.24, 2.45) is 5.73 Å². The van der Waals surface area contributed by atoms with Gasteiger partial charge in [0.25, 0.3) is 5.56 Å². The Kier molecular flexibility index (Phi) is 7.33. The summed E-state index contributed by atoms with van der Waals surface area (Å²) in [6.07, 6.45) is 1.81. The fourth-order valence-corrected chi connectivity index (χ4v) is 3.93. The topological polar surface area (TPSA) is 148 Å². The fraction of sp³-hybridized carbons (Fsp3) is 0.192. The summed E-state index contributed by atoms with van der Waals surface area (Å²) in [6, 6.07) is 14.5. The number of ether oxygens (including phenoxy) is 2. The number of carbonyl (C=O) groups is 2. The molecule has 2 aromatic heterocycles. The van der Waals surface area contributed by atoms with Crippen molar-refractivity contribution in [1.29, 1.82) is 0 Å². The summed E-state index contributed by atoms with van der Waals surface area (Å²) in [5, 5.41) is 2.68. The van der Waals surface area contributed by atoms with Gasteiger partial charge in [-0.1, -0.05) is 6.07 Å². The van der Waals surface area contributed by atoms with Crippen molar-refractivity contribution in [3.05, 3.63) is 92.8 Å². The molecule has 2 heterocycles. The van der Waals surface area contributed by atoms with Crippen molar-refractivity contribution in [2.75, 3.05) is 19.5 Å². The minimum Gasteiger partial charge on any atom is -0.493 e. The molecule has 4 rings (SSSR count). The van der Waals surface area contributed by atoms with Gasteiger partial charge in [-0.05, 0) is 60.5 Å². The second-order valence-electron chi connectivity index (χ2n) is 8.13. The average molecular weight is 504 g/mol. The number of rotatable bonds is 9. The predicted molar refractivity (Wildman–Crippen MR) is 137 cm³/mol. The quantitative estimate of drug-likeness (QED) is 0.352. The number of benzene rings is 2. The van der Waals surface area contributed by atoms with Crippen LogP contribution in [0.2, 0.25) is 0 Å². The van der Waals surface area contributed by atoms with Crippen molar-refractivity contribution >= 4 is 28.5 Å². The first-order valence-corrected chi connectivity index (χ1v) is 11.3. The van der Waals surface area contributed by atoms with Crippen LogP contribution >= 0.6 is 0 Å². The normalized spacial score (nSPS) is 10.8. The molecule has 0 bridgehead atoms. The largest absolute Gasteiger partial charge is 0.493 e. The molecule has 0 fully saturated rings. The van der Waals surface area contributed by atoms with E-state index < -0.39 is 23.1 Å². The molecule has 0 spiro atoms. The number of pyridine rings is 1. The van der Waals surface area contributed by atoms with Crippen LogP contribution < -0.4 is 31.8 Å². The Balaban J connectivity index is 1.63. The van der Waals surface area contributed by atoms with Gasteiger partial charge in [0.2, 0.25) is 11.8 Å². The molecule has 11 heteroatoms. The number of carbonyl (C=O) groups excluding carboxylic acids is 2. The Morgan fingerprint density at radius 3 is 2.38 bits per heavy atom. The first kappa shape index (κ1) is 25.2. The Morgan fingerprint density at radius 1 is 0.973 bits per heavy atom. The first-order chi connectivity index (χ1) is 17.8. The molecule has 0 unspecified atom stereocenters. The van der Waals surface area contributed by atoms with Crippen LogP contribution in [0.3, 0.4) is 0 Å². The van der Waals surface area contributed by atoms with E-state index in [0.29, 0.717) is 29.2 Å². The van der Waals surface area contributed by atoms with Crippen molar-refractivity contribution in [3.8, 4) is 11.5 Å². The van der Waals surface area contributed by atoms with Crippen molar-refractivity contribution in [1.82, 2.24) is 14.1 Å². The van der Waals surface area contributed by atoms with Gasteiger partial charge in [-0.3, -0.25) is 23.5 Å². The highest BCUT2D eigenvalue weighted by Crippen LogP contribution is 2.27. The molecular weight excluding hydrogens is 478 g/mol. The Bertz CT molecular complexity index is 1590. The zero-order valence-corrected chi connectivity index (χ0v) is 20.3. The number of nitrogens with one attached hydrogen (secondary N) is 1. The molecule has 0 aliphatic rings. The van der Waals surface area contributed by atoms with E-state index in [0.717, 1.165) is 10.1 Å². The molecule has 0 aliphatic carbocycles. The van der Waals surface area contributed by atoms with Crippen LogP contribution in [0.15, 0.2) is 70.4 Å². The molecular formula is C26H25N5O6. The fourth-order valence-electron chi connectivity index (χ4n) is 3.93. The number of primary amides is 1. The Morgan fingerprint density at radius 2 is 1.70 bits per heavy atom. The van der Waals surface area contributed by atoms with E-state index in [2.05, 4.69) is 10.3 Å². The van der Waals surface area contributed by atoms with E-state index in [1.54, 1.807) is 24.3 Å². The van der Waals surface area contributed by atoms with Gasteiger partial charge in [-0.15, -0.1) is 0 Å². The molecule has 0 saturated heterocycles. The van der Waals surface area contributed by atoms with Crippen LogP contribution in [0, 0.1) is 0 Å². The second kappa shape index (κ2) is 10.8. The van der Waals surface area contributed by atoms with Crippen LogP contribution in [-0.2, 0) is 24.3 Å². The SMILES string of the molecule is COc1ccc(CCn2c(=O)c3ncccc3n(CC(=O)Nc3ccc(C(N)=O)cc3)c2=O)cc1OC. The lowest BCUT2D eigenvalue weighted by Crippen LogP contribution is -2.42. The number of fused-ring (bicyclic) bond motifs is 1. The molecule has 0 radical (unpaired) electrons. The van der Waals surface area contributed by atoms with Crippen LogP contribution in [0.25, 0.3) is 11.0 Å². The predicted octanol–water partition coefficient (Wildman–Crippen LogP) is 1.56. The van der Waals surface area contributed by atoms with E-state index in [1.165, 1.54) is 49.2 Å². The smallest absolute Gasteiger partial charge is 0.332 e. The van der Waals surface area contributed by atoms with Gasteiger partial charge in [-0.25, -0.2) is 9.78 Å². The van der Waals surface area contributed by atoms with Gasteiger partial charge in [0, 0.05) is 24.0 Å². The van der Waals surface area contributed by atoms with Crippen LogP contribution in [0.5, 0.6) is 11.5 Å². The monoisotopic (exact) mass is 503 g/mol. The molecule has 2 amide bonds. The number of aryl methyl sites for hydroxylation is 1. The van der Waals surface area contributed by atoms with Crippen LogP contribution in [0.4, 0.5) is 5.69 Å². The van der Waals surface area contributed by atoms with E-state index >= 15 is 0 Å². The van der Waals surface area contributed by atoms with Gasteiger partial charge in [0.05, 0.1) is 19.7 Å². The van der Waals surface area contributed by atoms with Crippen LogP contribution in [-0.4, -0.2) is 40.2 Å². The van der Waals surface area contributed by atoms with Crippen molar-refractivity contribution < 1.29 is 19.1 Å². The third-order valence-corrected chi connectivity index (χ3v) is 5.81. The van der Waals surface area contributed by atoms with Gasteiger partial charge in [0.1, 0.15) is 6.54 Å². The summed E-state index contributed by atoms with van der Waals surface area (Å²) >= 11 is 0. The third kappa shape index (κ3) is 5.35. The van der Waals surface area contributed by atoms with Gasteiger partial charge in [0.15, 0.2) is 17.0 Å². The maximum atomic E-state index is 13.4. The highest BCUT2D eigenvalue weighted by Gasteiger charge is 2.17. The molecule has 0 atom stereocenters. The number of methoxy groups -OCH3 is 2. The van der Waals surface area contributed by atoms with E-state index in [-0.39, 0.29) is 24.1 Å². The zero-order chi connectivity index (χ0) is 26.5. The molecule has 37 heavy (non-hydrogen) atoms. The number of anilines is 1. The zero-order valence-electron chi connectivity index (χ0n) is 20.3. The number of nitrogens with two attached hydrogens (primary N) is 1. The number of aromatic nitrogens is 3. The maximum Gasteiger partial charge on any atom is 0.332 e. The minimum atomic E-state index is -0.634. The summed E-state index contributed by atoms with van der Waals surface area (Å²) in [7, 11) is 3.06. The van der Waals surface area contributed by atoms with Gasteiger partial charge < -0.3 is 20.5 Å². The highest BCUT2D eigenvalue weighted by molar-refractivity contribution is 5.95. The van der Waals surface area contributed by atoms with E-state index in [9.17, 15) is 19.2 Å². The average Bonchev–Trinajstić information content (AvgIpc) is 2.91. The van der Waals surface area contributed by atoms with Crippen molar-refractivity contribution in [2.45, 2.75) is 19.5 Å². The maximum absolute atomic E-state index is 13.4. The second-order valence-corrected chi connectivity index (χ2v) is 8.13. The highest BCUT2D eigenvalue weighted by atomic mass is 16.5. The van der Waals surface area contributed by atoms with E-state index in [1.807, 2.05) is 6.07 Å². The first-order valence-electron chi connectivity index (χ1n) is 11.3. The van der Waals surface area contributed by atoms with Gasteiger partial charge in [-0.2, -0.15) is 0 Å². The number of hydrogen-bond donors (Lipinski definition) is 2. The van der Waals surface area contributed by atoms with Crippen molar-refractivity contribution in [3.63, 3.8) is 0 Å². The number of hydrogen-bond acceptors (Lipinski definition) is 7. The summed E-state index contributed by atoms with van der Waals surface area (Å²) in [5.41, 5.74) is 5.94. The summed E-state index contributed by atoms with van der Waals surface area (Å²) < 4.78 is 12.9. The molecule has 11 nitrogen and oxygen atoms in total. The van der Waals surface area contributed by atoms with Crippen LogP contribution in [0.1, 0.15) is 15.9 Å². The number of amides is 2. The molecule has 4 aromatic rings. The Labute approximate surface area is 211 Å². The van der Waals surface area contributed by atoms with E-state index in [4.69, 9.17) is 15.2 Å². The molecule has 190 valence electrons. The molecule has 0 saturated carbocycles. The lowest BCUT2D eigenvalue weighted by Gasteiger charge is -2.14. The third-order valence-electron chi connectivity index (χ3n) is 5.81. The van der Waals surface area contributed by atoms with Gasteiger partial charge >= 0.3 is 5.69 Å². The lowest BCUT2D eigenvalue weighted by molar-refractivity contribution is -0.116.